The molecule has 44 heavy (non-hydrogen) atoms. The van der Waals surface area contributed by atoms with E-state index < -0.39 is 47.1 Å². The Labute approximate surface area is 254 Å². The predicted molar refractivity (Wildman–Crippen MR) is 155 cm³/mol. The molecule has 2 aromatic carbocycles. The second kappa shape index (κ2) is 14.6. The Morgan fingerprint density at radius 1 is 0.977 bits per heavy atom. The minimum atomic E-state index is -4.19. The van der Waals surface area contributed by atoms with Gasteiger partial charge in [0, 0.05) is 17.8 Å². The zero-order chi connectivity index (χ0) is 32.1. The molecule has 0 aromatic heterocycles. The van der Waals surface area contributed by atoms with Crippen LogP contribution < -0.4 is 10.2 Å². The number of halogens is 5. The van der Waals surface area contributed by atoms with Crippen molar-refractivity contribution >= 4 is 21.4 Å². The highest BCUT2D eigenvalue weighted by atomic mass is 32.2. The molecule has 0 radical (unpaired) electrons. The molecule has 1 amide bonds. The number of benzene rings is 2. The third-order valence-corrected chi connectivity index (χ3v) is 10.8. The molecule has 1 unspecified atom stereocenters. The highest BCUT2D eigenvalue weighted by molar-refractivity contribution is 7.91. The molecule has 244 valence electrons. The van der Waals surface area contributed by atoms with Crippen LogP contribution in [0.3, 0.4) is 0 Å². The lowest BCUT2D eigenvalue weighted by Crippen LogP contribution is -2.48. The van der Waals surface area contributed by atoms with E-state index in [2.05, 4.69) is 10.1 Å². The largest absolute Gasteiger partial charge is 0.394 e. The van der Waals surface area contributed by atoms with E-state index in [-0.39, 0.29) is 53.5 Å². The van der Waals surface area contributed by atoms with Crippen LogP contribution in [0.4, 0.5) is 27.6 Å². The van der Waals surface area contributed by atoms with Crippen LogP contribution in [0, 0.1) is 17.8 Å². The van der Waals surface area contributed by atoms with E-state index in [4.69, 9.17) is 0 Å². The van der Waals surface area contributed by atoms with E-state index in [1.54, 1.807) is 31.2 Å². The number of hydrogen-bond donors (Lipinski definition) is 2. The fourth-order valence-electron chi connectivity index (χ4n) is 6.39. The number of hydrogen-bond acceptors (Lipinski definition) is 6. The highest BCUT2D eigenvalue weighted by Crippen LogP contribution is 2.44. The van der Waals surface area contributed by atoms with E-state index in [9.17, 15) is 40.3 Å². The standard InChI is InChI=1S/C31H39F5N2O5S/c1-2-44(41,42)27-15-8-21(9-16-27)28(18-39)37-29(40)22-5-12-25(13-6-22)38-17-23(7-14-26(38)19-43-30(32)33)20-3-10-24(11-4-20)31(34,35)36/h5-6,8-9,12-13,15-16,20,23-24,26,28,30,39H,2-4,7,10-11,14,17-19H2,1H3,(H,37,40)/t20?,23?,24?,26-,28-/m0/s1. The van der Waals surface area contributed by atoms with Crippen LogP contribution in [0.1, 0.15) is 67.4 Å². The van der Waals surface area contributed by atoms with Crippen molar-refractivity contribution in [3.05, 3.63) is 59.7 Å². The van der Waals surface area contributed by atoms with Gasteiger partial charge in [0.2, 0.25) is 0 Å². The summed E-state index contributed by atoms with van der Waals surface area (Å²) in [5.41, 5.74) is 1.50. The molecule has 2 fully saturated rings. The quantitative estimate of drug-likeness (QED) is 0.285. The normalized spacial score (nSPS) is 23.9. The zero-order valence-corrected chi connectivity index (χ0v) is 25.3. The number of ether oxygens (including phenoxy) is 1. The molecule has 2 aromatic rings. The van der Waals surface area contributed by atoms with Gasteiger partial charge in [-0.1, -0.05) is 19.1 Å². The summed E-state index contributed by atoms with van der Waals surface area (Å²) in [7, 11) is -3.40. The summed E-state index contributed by atoms with van der Waals surface area (Å²) < 4.78 is 94.1. The van der Waals surface area contributed by atoms with Crippen LogP contribution in [0.2, 0.25) is 0 Å². The van der Waals surface area contributed by atoms with Crippen molar-refractivity contribution in [2.75, 3.05) is 30.4 Å². The number of nitrogens with zero attached hydrogens (tertiary/aromatic N) is 1. The van der Waals surface area contributed by atoms with E-state index in [1.165, 1.54) is 24.3 Å². The van der Waals surface area contributed by atoms with Gasteiger partial charge < -0.3 is 20.1 Å². The number of aliphatic hydroxyl groups is 1. The Morgan fingerprint density at radius 2 is 1.59 bits per heavy atom. The van der Waals surface area contributed by atoms with Crippen molar-refractivity contribution in [3.63, 3.8) is 0 Å². The van der Waals surface area contributed by atoms with Crippen molar-refractivity contribution in [1.82, 2.24) is 5.32 Å². The Balaban J connectivity index is 1.44. The van der Waals surface area contributed by atoms with Crippen LogP contribution in [-0.4, -0.2) is 63.8 Å². The number of carbonyl (C=O) groups excluding carboxylic acids is 1. The van der Waals surface area contributed by atoms with Gasteiger partial charge in [0.25, 0.3) is 5.91 Å². The SMILES string of the molecule is CCS(=O)(=O)c1ccc([C@H](CO)NC(=O)c2ccc(N3CC(C4CCC(C(F)(F)F)CC4)CC[C@H]3COC(F)F)cc2)cc1. The molecule has 1 heterocycles. The number of sulfone groups is 1. The second-order valence-electron chi connectivity index (χ2n) is 11.6. The molecule has 0 bridgehead atoms. The van der Waals surface area contributed by atoms with E-state index >= 15 is 0 Å². The first-order chi connectivity index (χ1) is 20.8. The zero-order valence-electron chi connectivity index (χ0n) is 24.5. The van der Waals surface area contributed by atoms with Crippen molar-refractivity contribution in [1.29, 1.82) is 0 Å². The molecule has 4 rings (SSSR count). The van der Waals surface area contributed by atoms with Crippen LogP contribution in [-0.2, 0) is 14.6 Å². The average Bonchev–Trinajstić information content (AvgIpc) is 3.02. The van der Waals surface area contributed by atoms with Crippen LogP contribution >= 0.6 is 0 Å². The Bertz CT molecular complexity index is 1330. The van der Waals surface area contributed by atoms with Crippen molar-refractivity contribution in [3.8, 4) is 0 Å². The summed E-state index contributed by atoms with van der Waals surface area (Å²) in [5, 5.41) is 12.7. The maximum atomic E-state index is 13.2. The first kappa shape index (κ1) is 34.1. The summed E-state index contributed by atoms with van der Waals surface area (Å²) in [6, 6.07) is 11.4. The topological polar surface area (TPSA) is 95.9 Å². The fourth-order valence-corrected chi connectivity index (χ4v) is 7.27. The predicted octanol–water partition coefficient (Wildman–Crippen LogP) is 6.14. The van der Waals surface area contributed by atoms with Gasteiger partial charge in [0.05, 0.1) is 41.9 Å². The van der Waals surface area contributed by atoms with Gasteiger partial charge in [-0.3, -0.25) is 4.79 Å². The van der Waals surface area contributed by atoms with Crippen molar-refractivity contribution in [2.24, 2.45) is 17.8 Å². The number of aliphatic hydroxyl groups excluding tert-OH is 1. The Hall–Kier alpha value is -2.77. The van der Waals surface area contributed by atoms with Gasteiger partial charge in [-0.25, -0.2) is 8.42 Å². The minimum Gasteiger partial charge on any atom is -0.394 e. The third-order valence-electron chi connectivity index (χ3n) is 9.03. The molecule has 1 aliphatic heterocycles. The highest BCUT2D eigenvalue weighted by Gasteiger charge is 2.43. The molecule has 3 atom stereocenters. The maximum absolute atomic E-state index is 13.2. The number of nitrogens with one attached hydrogen (secondary N) is 1. The van der Waals surface area contributed by atoms with Crippen molar-refractivity contribution < 1.29 is 45.0 Å². The van der Waals surface area contributed by atoms with E-state index in [0.29, 0.717) is 43.5 Å². The second-order valence-corrected chi connectivity index (χ2v) is 13.9. The smallest absolute Gasteiger partial charge is 0.391 e. The number of carbonyl (C=O) groups is 1. The van der Waals surface area contributed by atoms with Crippen LogP contribution in [0.15, 0.2) is 53.4 Å². The molecule has 7 nitrogen and oxygen atoms in total. The summed E-state index contributed by atoms with van der Waals surface area (Å²) in [5.74, 6) is -1.57. The van der Waals surface area contributed by atoms with E-state index in [1.807, 2.05) is 4.90 Å². The summed E-state index contributed by atoms with van der Waals surface area (Å²) in [4.78, 5) is 15.1. The summed E-state index contributed by atoms with van der Waals surface area (Å²) >= 11 is 0. The van der Waals surface area contributed by atoms with E-state index in [0.717, 1.165) is 0 Å². The molecule has 2 N–H and O–H groups in total. The number of piperidine rings is 1. The fraction of sp³-hybridized carbons (Fsp3) is 0.581. The molecule has 2 aliphatic rings. The van der Waals surface area contributed by atoms with Crippen LogP contribution in [0.25, 0.3) is 0 Å². The lowest BCUT2D eigenvalue weighted by Gasteiger charge is -2.45. The third kappa shape index (κ3) is 8.48. The summed E-state index contributed by atoms with van der Waals surface area (Å²) in [6.07, 6.45) is -1.77. The van der Waals surface area contributed by atoms with Crippen molar-refractivity contribution in [2.45, 2.75) is 75.2 Å². The van der Waals surface area contributed by atoms with Gasteiger partial charge in [0.15, 0.2) is 9.84 Å². The Kier molecular flexibility index (Phi) is 11.3. The average molecular weight is 647 g/mol. The number of amides is 1. The first-order valence-electron chi connectivity index (χ1n) is 14.9. The van der Waals surface area contributed by atoms with Crippen LogP contribution in [0.5, 0.6) is 0 Å². The first-order valence-corrected chi connectivity index (χ1v) is 16.5. The molecular weight excluding hydrogens is 607 g/mol. The monoisotopic (exact) mass is 646 g/mol. The lowest BCUT2D eigenvalue weighted by atomic mass is 9.72. The molecule has 0 spiro atoms. The molecular formula is C31H39F5N2O5S. The number of rotatable bonds is 11. The minimum absolute atomic E-state index is 0.0520. The maximum Gasteiger partial charge on any atom is 0.391 e. The Morgan fingerprint density at radius 3 is 2.14 bits per heavy atom. The lowest BCUT2D eigenvalue weighted by molar-refractivity contribution is -0.185. The van der Waals surface area contributed by atoms with Gasteiger partial charge in [-0.15, -0.1) is 0 Å². The van der Waals surface area contributed by atoms with Gasteiger partial charge in [0.1, 0.15) is 0 Å². The van der Waals surface area contributed by atoms with Gasteiger partial charge in [-0.2, -0.15) is 22.0 Å². The molecule has 1 aliphatic carbocycles. The number of alkyl halides is 5. The molecule has 1 saturated heterocycles. The molecule has 1 saturated carbocycles. The number of anilines is 1. The van der Waals surface area contributed by atoms with Gasteiger partial charge >= 0.3 is 12.8 Å². The summed E-state index contributed by atoms with van der Waals surface area (Å²) in [6.45, 7) is -1.52. The molecule has 13 heteroatoms. The van der Waals surface area contributed by atoms with Gasteiger partial charge in [-0.05, 0) is 92.3 Å².